The number of hydrogen-bond donors (Lipinski definition) is 1. The molecule has 0 aromatic carbocycles. The number of nitrogens with one attached hydrogen (secondary N) is 1. The highest BCUT2D eigenvalue weighted by Crippen LogP contribution is 2.31. The van der Waals surface area contributed by atoms with E-state index < -0.39 is 0 Å². The van der Waals surface area contributed by atoms with E-state index in [1.165, 1.54) is 32.1 Å². The summed E-state index contributed by atoms with van der Waals surface area (Å²) in [4.78, 5) is 0. The van der Waals surface area contributed by atoms with Crippen molar-refractivity contribution < 1.29 is 4.74 Å². The number of hydrogen-bond acceptors (Lipinski definition) is 2. The van der Waals surface area contributed by atoms with Crippen molar-refractivity contribution in [2.75, 3.05) is 13.2 Å². The van der Waals surface area contributed by atoms with Crippen molar-refractivity contribution in [1.29, 1.82) is 0 Å². The van der Waals surface area contributed by atoms with Crippen LogP contribution in [0, 0.1) is 5.41 Å². The van der Waals surface area contributed by atoms with Gasteiger partial charge < -0.3 is 10.1 Å². The molecular weight excluding hydrogens is 234 g/mol. The zero-order chi connectivity index (χ0) is 14.3. The van der Waals surface area contributed by atoms with Crippen LogP contribution in [-0.4, -0.2) is 25.3 Å². The quantitative estimate of drug-likeness (QED) is 0.724. The summed E-state index contributed by atoms with van der Waals surface area (Å²) >= 11 is 0. The van der Waals surface area contributed by atoms with E-state index in [1.54, 1.807) is 5.57 Å². The lowest BCUT2D eigenvalue weighted by Crippen LogP contribution is -2.49. The average molecular weight is 267 g/mol. The second-order valence-corrected chi connectivity index (χ2v) is 6.66. The molecule has 0 aromatic rings. The molecule has 2 heteroatoms. The van der Waals surface area contributed by atoms with Crippen molar-refractivity contribution in [3.63, 3.8) is 0 Å². The Morgan fingerprint density at radius 3 is 2.53 bits per heavy atom. The molecule has 112 valence electrons. The Hall–Kier alpha value is -0.340. The summed E-state index contributed by atoms with van der Waals surface area (Å²) in [6.45, 7) is 12.9. The average Bonchev–Trinajstić information content (AvgIpc) is 2.61. The van der Waals surface area contributed by atoms with Crippen LogP contribution in [0.2, 0.25) is 0 Å². The molecule has 0 saturated carbocycles. The minimum Gasteiger partial charge on any atom is -0.376 e. The highest BCUT2D eigenvalue weighted by atomic mass is 16.5. The Bertz CT molecular complexity index is 277. The Morgan fingerprint density at radius 1 is 1.21 bits per heavy atom. The van der Waals surface area contributed by atoms with Crippen LogP contribution >= 0.6 is 0 Å². The molecule has 0 spiro atoms. The van der Waals surface area contributed by atoms with Gasteiger partial charge in [0.1, 0.15) is 0 Å². The molecule has 2 unspecified atom stereocenters. The molecule has 0 bridgehead atoms. The summed E-state index contributed by atoms with van der Waals surface area (Å²) in [7, 11) is 0. The lowest BCUT2D eigenvalue weighted by Gasteiger charge is -2.38. The first-order valence-electron chi connectivity index (χ1n) is 8.04. The van der Waals surface area contributed by atoms with Crippen molar-refractivity contribution >= 4 is 0 Å². The van der Waals surface area contributed by atoms with E-state index in [-0.39, 0.29) is 11.5 Å². The largest absolute Gasteiger partial charge is 0.376 e. The molecule has 0 heterocycles. The van der Waals surface area contributed by atoms with Crippen LogP contribution in [0.25, 0.3) is 0 Å². The molecule has 0 fully saturated rings. The summed E-state index contributed by atoms with van der Waals surface area (Å²) < 4.78 is 6.11. The highest BCUT2D eigenvalue weighted by Gasteiger charge is 2.34. The maximum absolute atomic E-state index is 6.11. The van der Waals surface area contributed by atoms with Gasteiger partial charge in [0, 0.05) is 6.61 Å². The van der Waals surface area contributed by atoms with Gasteiger partial charge in [0.2, 0.25) is 0 Å². The molecule has 1 aliphatic carbocycles. The number of likely N-dealkylation sites (N-methyl/N-ethyl adjacent to an activating group) is 1. The van der Waals surface area contributed by atoms with Crippen LogP contribution in [0.5, 0.6) is 0 Å². The van der Waals surface area contributed by atoms with Crippen molar-refractivity contribution in [2.24, 2.45) is 5.41 Å². The summed E-state index contributed by atoms with van der Waals surface area (Å²) in [5.74, 6) is 0. The van der Waals surface area contributed by atoms with Crippen molar-refractivity contribution in [3.8, 4) is 0 Å². The zero-order valence-corrected chi connectivity index (χ0v) is 13.6. The van der Waals surface area contributed by atoms with E-state index in [4.69, 9.17) is 4.74 Å². The predicted molar refractivity (Wildman–Crippen MR) is 83.5 cm³/mol. The van der Waals surface area contributed by atoms with Gasteiger partial charge in [0.15, 0.2) is 0 Å². The molecule has 0 amide bonds. The van der Waals surface area contributed by atoms with E-state index in [2.05, 4.69) is 46.0 Å². The van der Waals surface area contributed by atoms with E-state index in [0.717, 1.165) is 13.2 Å². The molecule has 0 radical (unpaired) electrons. The van der Waals surface area contributed by atoms with Crippen LogP contribution < -0.4 is 5.32 Å². The van der Waals surface area contributed by atoms with Crippen molar-refractivity contribution in [2.45, 2.75) is 78.9 Å². The topological polar surface area (TPSA) is 21.3 Å². The van der Waals surface area contributed by atoms with Crippen molar-refractivity contribution in [3.05, 3.63) is 11.6 Å². The molecule has 0 aliphatic heterocycles. The summed E-state index contributed by atoms with van der Waals surface area (Å²) in [6.07, 6.45) is 9.23. The van der Waals surface area contributed by atoms with Gasteiger partial charge in [0.05, 0.1) is 12.1 Å². The molecular formula is C17H33NO. The van der Waals surface area contributed by atoms with E-state index >= 15 is 0 Å². The third-order valence-corrected chi connectivity index (χ3v) is 3.90. The fraction of sp³-hybridized carbons (Fsp3) is 0.882. The smallest absolute Gasteiger partial charge is 0.0814 e. The molecule has 0 saturated heterocycles. The Kier molecular flexibility index (Phi) is 7.09. The second-order valence-electron chi connectivity index (χ2n) is 6.66. The van der Waals surface area contributed by atoms with Gasteiger partial charge in [-0.2, -0.15) is 0 Å². The fourth-order valence-electron chi connectivity index (χ4n) is 3.00. The monoisotopic (exact) mass is 267 g/mol. The third-order valence-electron chi connectivity index (χ3n) is 3.90. The van der Waals surface area contributed by atoms with Crippen LogP contribution in [0.1, 0.15) is 66.7 Å². The van der Waals surface area contributed by atoms with Crippen LogP contribution in [0.3, 0.4) is 0 Å². The molecule has 2 nitrogen and oxygen atoms in total. The standard InChI is InChI=1S/C17H33NO/c1-6-18-15(14-12-10-8-9-11-13-14)16(19-7-2)17(3,4)5/h12,15-16,18H,6-11,13H2,1-5H3. The van der Waals surface area contributed by atoms with Gasteiger partial charge in [-0.3, -0.25) is 0 Å². The maximum atomic E-state index is 6.11. The summed E-state index contributed by atoms with van der Waals surface area (Å²) in [5, 5.41) is 3.68. The fourth-order valence-corrected chi connectivity index (χ4v) is 3.00. The van der Waals surface area contributed by atoms with Gasteiger partial charge in [-0.25, -0.2) is 0 Å². The van der Waals surface area contributed by atoms with Gasteiger partial charge in [0.25, 0.3) is 0 Å². The first kappa shape index (κ1) is 16.7. The molecule has 1 rings (SSSR count). The number of ether oxygens (including phenoxy) is 1. The maximum Gasteiger partial charge on any atom is 0.0814 e. The first-order valence-corrected chi connectivity index (χ1v) is 8.04. The normalized spacial score (nSPS) is 20.6. The van der Waals surface area contributed by atoms with Gasteiger partial charge in [-0.15, -0.1) is 0 Å². The lowest BCUT2D eigenvalue weighted by molar-refractivity contribution is -0.0282. The Morgan fingerprint density at radius 2 is 1.95 bits per heavy atom. The van der Waals surface area contributed by atoms with E-state index in [0.29, 0.717) is 6.04 Å². The SMILES string of the molecule is CCNC(C1=CCCCCC1)C(OCC)C(C)(C)C. The molecule has 2 atom stereocenters. The molecule has 1 aliphatic rings. The minimum atomic E-state index is 0.163. The van der Waals surface area contributed by atoms with E-state index in [9.17, 15) is 0 Å². The molecule has 1 N–H and O–H groups in total. The predicted octanol–water partition coefficient (Wildman–Crippen LogP) is 4.31. The van der Waals surface area contributed by atoms with Gasteiger partial charge >= 0.3 is 0 Å². The summed E-state index contributed by atoms with van der Waals surface area (Å²) in [6, 6.07) is 0.378. The Balaban J connectivity index is 2.91. The van der Waals surface area contributed by atoms with Crippen LogP contribution in [-0.2, 0) is 4.74 Å². The lowest BCUT2D eigenvalue weighted by atomic mass is 9.80. The van der Waals surface area contributed by atoms with E-state index in [1.807, 2.05) is 0 Å². The molecule has 0 aromatic heterocycles. The Labute approximate surface area is 120 Å². The van der Waals surface area contributed by atoms with Crippen LogP contribution in [0.4, 0.5) is 0 Å². The van der Waals surface area contributed by atoms with Crippen LogP contribution in [0.15, 0.2) is 11.6 Å². The second kappa shape index (κ2) is 8.06. The first-order chi connectivity index (χ1) is 9.00. The summed E-state index contributed by atoms with van der Waals surface area (Å²) in [5.41, 5.74) is 1.74. The third kappa shape index (κ3) is 5.27. The zero-order valence-electron chi connectivity index (χ0n) is 13.6. The van der Waals surface area contributed by atoms with Gasteiger partial charge in [-0.05, 0) is 44.6 Å². The minimum absolute atomic E-state index is 0.163. The van der Waals surface area contributed by atoms with Crippen molar-refractivity contribution in [1.82, 2.24) is 5.32 Å². The van der Waals surface area contributed by atoms with Gasteiger partial charge in [-0.1, -0.05) is 45.8 Å². The highest BCUT2D eigenvalue weighted by molar-refractivity contribution is 5.16. The molecule has 19 heavy (non-hydrogen) atoms. The number of allylic oxidation sites excluding steroid dienone is 1. The number of rotatable bonds is 6.